The van der Waals surface area contributed by atoms with Crippen molar-refractivity contribution in [2.45, 2.75) is 18.9 Å². The first-order valence-corrected chi connectivity index (χ1v) is 6.23. The lowest BCUT2D eigenvalue weighted by atomic mass is 10.1. The minimum atomic E-state index is 0.00601. The number of carbonyl (C=O) groups is 1. The number of nitrogens with zero attached hydrogens (tertiary/aromatic N) is 2. The van der Waals surface area contributed by atoms with Gasteiger partial charge in [0, 0.05) is 32.1 Å². The molecule has 1 aliphatic heterocycles. The number of pyridine rings is 1. The van der Waals surface area contributed by atoms with Gasteiger partial charge in [0.05, 0.1) is 6.20 Å². The van der Waals surface area contributed by atoms with E-state index >= 15 is 0 Å². The minimum absolute atomic E-state index is 0.00601. The van der Waals surface area contributed by atoms with Gasteiger partial charge < -0.3 is 9.64 Å². The number of hydrogen-bond acceptors (Lipinski definition) is 3. The number of amides is 1. The molecule has 0 spiro atoms. The molecule has 0 radical (unpaired) electrons. The van der Waals surface area contributed by atoms with E-state index in [0.29, 0.717) is 0 Å². The summed E-state index contributed by atoms with van der Waals surface area (Å²) in [4.78, 5) is 17.2. The Morgan fingerprint density at radius 2 is 2.29 bits per heavy atom. The second-order valence-corrected chi connectivity index (χ2v) is 4.29. The molecule has 0 saturated carbocycles. The fraction of sp³-hybridized carbons (Fsp3) is 0.500. The molecule has 5 heteroatoms. The third kappa shape index (κ3) is 3.33. The van der Waals surface area contributed by atoms with Crippen LogP contribution >= 0.6 is 11.6 Å². The van der Waals surface area contributed by atoms with E-state index in [1.807, 2.05) is 12.1 Å². The molecular weight excluding hydrogens is 240 g/mol. The zero-order chi connectivity index (χ0) is 12.1. The van der Waals surface area contributed by atoms with Crippen LogP contribution in [0.4, 0.5) is 0 Å². The molecule has 0 bridgehead atoms. The molecule has 92 valence electrons. The maximum Gasteiger partial charge on any atom is 0.237 e. The molecule has 1 saturated heterocycles. The summed E-state index contributed by atoms with van der Waals surface area (Å²) < 4.78 is 5.78. The number of piperidine rings is 1. The molecule has 1 fully saturated rings. The topological polar surface area (TPSA) is 42.4 Å². The zero-order valence-electron chi connectivity index (χ0n) is 9.51. The van der Waals surface area contributed by atoms with Gasteiger partial charge in [-0.2, -0.15) is 0 Å². The van der Waals surface area contributed by atoms with Crippen LogP contribution in [0.25, 0.3) is 0 Å². The Labute approximate surface area is 106 Å². The number of halogens is 1. The number of ether oxygens (including phenoxy) is 1. The fourth-order valence-electron chi connectivity index (χ4n) is 1.92. The highest BCUT2D eigenvalue weighted by Crippen LogP contribution is 2.17. The van der Waals surface area contributed by atoms with E-state index in [-0.39, 0.29) is 17.9 Å². The van der Waals surface area contributed by atoms with Crippen molar-refractivity contribution in [2.75, 3.05) is 19.0 Å². The molecule has 1 aromatic rings. The van der Waals surface area contributed by atoms with Gasteiger partial charge in [0.15, 0.2) is 0 Å². The Balaban J connectivity index is 1.82. The summed E-state index contributed by atoms with van der Waals surface area (Å²) in [6, 6.07) is 3.74. The van der Waals surface area contributed by atoms with E-state index in [9.17, 15) is 4.79 Å². The normalized spacial score (nSPS) is 16.9. The highest BCUT2D eigenvalue weighted by molar-refractivity contribution is 6.27. The molecule has 0 N–H and O–H groups in total. The van der Waals surface area contributed by atoms with Gasteiger partial charge in [0.1, 0.15) is 17.7 Å². The van der Waals surface area contributed by atoms with Crippen LogP contribution in [0, 0.1) is 0 Å². The first-order valence-electron chi connectivity index (χ1n) is 5.70. The van der Waals surface area contributed by atoms with Crippen LogP contribution in [0.5, 0.6) is 5.75 Å². The molecule has 0 aromatic carbocycles. The molecule has 0 unspecified atom stereocenters. The summed E-state index contributed by atoms with van der Waals surface area (Å²) in [5, 5.41) is 0. The standard InChI is InChI=1S/C12H15ClN2O2/c13-8-12(16)15-6-3-10(4-7-15)17-11-2-1-5-14-9-11/h1-2,5,9-10H,3-4,6-8H2. The summed E-state index contributed by atoms with van der Waals surface area (Å²) in [6.45, 7) is 1.44. The molecular formula is C12H15ClN2O2. The maximum absolute atomic E-state index is 11.4. The van der Waals surface area contributed by atoms with E-state index in [1.165, 1.54) is 0 Å². The molecule has 2 heterocycles. The third-order valence-electron chi connectivity index (χ3n) is 2.85. The fourth-order valence-corrected chi connectivity index (χ4v) is 2.09. The van der Waals surface area contributed by atoms with Gasteiger partial charge >= 0.3 is 0 Å². The molecule has 1 amide bonds. The van der Waals surface area contributed by atoms with Crippen LogP contribution in [0.2, 0.25) is 0 Å². The second-order valence-electron chi connectivity index (χ2n) is 4.02. The van der Waals surface area contributed by atoms with Crippen molar-refractivity contribution in [3.63, 3.8) is 0 Å². The first-order chi connectivity index (χ1) is 8.29. The molecule has 1 aromatic heterocycles. The van der Waals surface area contributed by atoms with Crippen LogP contribution in [0.1, 0.15) is 12.8 Å². The van der Waals surface area contributed by atoms with Crippen molar-refractivity contribution in [1.82, 2.24) is 9.88 Å². The van der Waals surface area contributed by atoms with Gasteiger partial charge in [-0.1, -0.05) is 0 Å². The quantitative estimate of drug-likeness (QED) is 0.771. The van der Waals surface area contributed by atoms with Gasteiger partial charge in [-0.15, -0.1) is 11.6 Å². The lowest BCUT2D eigenvalue weighted by Gasteiger charge is -2.31. The first kappa shape index (κ1) is 12.2. The number of likely N-dealkylation sites (tertiary alicyclic amines) is 1. The molecule has 2 rings (SSSR count). The van der Waals surface area contributed by atoms with Crippen molar-refractivity contribution in [3.05, 3.63) is 24.5 Å². The lowest BCUT2D eigenvalue weighted by molar-refractivity contribution is -0.130. The minimum Gasteiger partial charge on any atom is -0.489 e. The summed E-state index contributed by atoms with van der Waals surface area (Å²) in [5.41, 5.74) is 0. The number of carbonyl (C=O) groups excluding carboxylic acids is 1. The highest BCUT2D eigenvalue weighted by atomic mass is 35.5. The molecule has 1 aliphatic rings. The zero-order valence-corrected chi connectivity index (χ0v) is 10.3. The van der Waals surface area contributed by atoms with Crippen molar-refractivity contribution in [3.8, 4) is 5.75 Å². The lowest BCUT2D eigenvalue weighted by Crippen LogP contribution is -2.42. The Morgan fingerprint density at radius 1 is 1.53 bits per heavy atom. The average Bonchev–Trinajstić information content (AvgIpc) is 2.40. The van der Waals surface area contributed by atoms with Crippen molar-refractivity contribution < 1.29 is 9.53 Å². The molecule has 0 atom stereocenters. The van der Waals surface area contributed by atoms with Crippen LogP contribution in [-0.2, 0) is 4.79 Å². The van der Waals surface area contributed by atoms with Gasteiger partial charge in [-0.25, -0.2) is 0 Å². The Hall–Kier alpha value is -1.29. The van der Waals surface area contributed by atoms with Gasteiger partial charge in [0.2, 0.25) is 5.91 Å². The van der Waals surface area contributed by atoms with E-state index in [2.05, 4.69) is 4.98 Å². The predicted molar refractivity (Wildman–Crippen MR) is 65.2 cm³/mol. The second kappa shape index (κ2) is 5.87. The Bertz CT molecular complexity index is 364. The largest absolute Gasteiger partial charge is 0.489 e. The summed E-state index contributed by atoms with van der Waals surface area (Å²) in [6.07, 6.45) is 5.28. The van der Waals surface area contributed by atoms with Crippen molar-refractivity contribution in [1.29, 1.82) is 0 Å². The third-order valence-corrected chi connectivity index (χ3v) is 3.07. The van der Waals surface area contributed by atoms with Crippen molar-refractivity contribution in [2.24, 2.45) is 0 Å². The number of aromatic nitrogens is 1. The average molecular weight is 255 g/mol. The molecule has 17 heavy (non-hydrogen) atoms. The van der Waals surface area contributed by atoms with E-state index in [0.717, 1.165) is 31.7 Å². The highest BCUT2D eigenvalue weighted by Gasteiger charge is 2.23. The SMILES string of the molecule is O=C(CCl)N1CCC(Oc2cccnc2)CC1. The van der Waals surface area contributed by atoms with Crippen LogP contribution in [0.15, 0.2) is 24.5 Å². The predicted octanol–water partition coefficient (Wildman–Crippen LogP) is 1.69. The molecule has 0 aliphatic carbocycles. The van der Waals surface area contributed by atoms with Gasteiger partial charge in [-0.05, 0) is 12.1 Å². The Kier molecular flexibility index (Phi) is 4.20. The van der Waals surface area contributed by atoms with Gasteiger partial charge in [0.25, 0.3) is 0 Å². The Morgan fingerprint density at radius 3 is 2.88 bits per heavy atom. The number of alkyl halides is 1. The van der Waals surface area contributed by atoms with Crippen LogP contribution < -0.4 is 4.74 Å². The smallest absolute Gasteiger partial charge is 0.237 e. The summed E-state index contributed by atoms with van der Waals surface area (Å²) in [5.74, 6) is 0.856. The monoisotopic (exact) mass is 254 g/mol. The van der Waals surface area contributed by atoms with E-state index in [4.69, 9.17) is 16.3 Å². The van der Waals surface area contributed by atoms with E-state index in [1.54, 1.807) is 17.3 Å². The summed E-state index contributed by atoms with van der Waals surface area (Å²) >= 11 is 5.52. The molecule has 4 nitrogen and oxygen atoms in total. The number of rotatable bonds is 3. The number of hydrogen-bond donors (Lipinski definition) is 0. The summed E-state index contributed by atoms with van der Waals surface area (Å²) in [7, 11) is 0. The van der Waals surface area contributed by atoms with E-state index < -0.39 is 0 Å². The van der Waals surface area contributed by atoms with Crippen LogP contribution in [-0.4, -0.2) is 40.9 Å². The maximum atomic E-state index is 11.4. The van der Waals surface area contributed by atoms with Crippen molar-refractivity contribution >= 4 is 17.5 Å². The van der Waals surface area contributed by atoms with Crippen LogP contribution in [0.3, 0.4) is 0 Å². The van der Waals surface area contributed by atoms with Gasteiger partial charge in [-0.3, -0.25) is 9.78 Å².